The Balaban J connectivity index is 1.74. The normalized spacial score (nSPS) is 12.0. The molecule has 0 saturated heterocycles. The lowest BCUT2D eigenvalue weighted by molar-refractivity contribution is -0.142. The van der Waals surface area contributed by atoms with Crippen LogP contribution in [0.5, 0.6) is 0 Å². The van der Waals surface area contributed by atoms with Crippen molar-refractivity contribution in [3.05, 3.63) is 83.1 Å². The molecule has 0 saturated carbocycles. The molecule has 4 nitrogen and oxygen atoms in total. The quantitative estimate of drug-likeness (QED) is 0.315. The largest absolute Gasteiger partial charge is 0.433 e. The van der Waals surface area contributed by atoms with Crippen molar-refractivity contribution in [3.63, 3.8) is 0 Å². The Morgan fingerprint density at radius 3 is 2.43 bits per heavy atom. The fourth-order valence-electron chi connectivity index (χ4n) is 3.29. The Hall–Kier alpha value is -3.10. The molecule has 0 amide bonds. The lowest BCUT2D eigenvalue weighted by Crippen LogP contribution is -2.13. The van der Waals surface area contributed by atoms with Gasteiger partial charge in [-0.3, -0.25) is 0 Å². The molecule has 1 aromatic carbocycles. The Bertz CT molecular complexity index is 1350. The molecule has 0 aliphatic carbocycles. The van der Waals surface area contributed by atoms with Crippen molar-refractivity contribution < 1.29 is 13.2 Å². The molecule has 4 aromatic heterocycles. The molecule has 5 rings (SSSR count). The highest BCUT2D eigenvalue weighted by Crippen LogP contribution is 2.37. The van der Waals surface area contributed by atoms with Gasteiger partial charge in [0.15, 0.2) is 11.3 Å². The molecule has 0 atom stereocenters. The minimum absolute atomic E-state index is 0.0987. The minimum Gasteiger partial charge on any atom is -0.322 e. The summed E-state index contributed by atoms with van der Waals surface area (Å²) in [6, 6.07) is 14.9. The number of hydrogen-bond donors (Lipinski definition) is 0. The average Bonchev–Trinajstić information content (AvgIpc) is 3.45. The van der Waals surface area contributed by atoms with Gasteiger partial charge in [0.2, 0.25) is 0 Å². The number of hydrogen-bond acceptors (Lipinski definition) is 3. The van der Waals surface area contributed by atoms with Crippen LogP contribution >= 0.6 is 22.9 Å². The predicted octanol–water partition coefficient (Wildman–Crippen LogP) is 6.59. The number of aromatic nitrogens is 4. The first-order valence-electron chi connectivity index (χ1n) is 8.86. The van der Waals surface area contributed by atoms with Crippen molar-refractivity contribution in [2.75, 3.05) is 0 Å². The van der Waals surface area contributed by atoms with Crippen molar-refractivity contribution in [2.45, 2.75) is 6.18 Å². The van der Waals surface area contributed by atoms with E-state index in [2.05, 4.69) is 10.1 Å². The third-order valence-electron chi connectivity index (χ3n) is 4.63. The first-order valence-corrected chi connectivity index (χ1v) is 10.1. The van der Waals surface area contributed by atoms with Crippen LogP contribution in [0.15, 0.2) is 72.4 Å². The van der Waals surface area contributed by atoms with Crippen molar-refractivity contribution >= 4 is 28.6 Å². The van der Waals surface area contributed by atoms with Crippen molar-refractivity contribution in [3.8, 4) is 27.5 Å². The van der Waals surface area contributed by atoms with Crippen molar-refractivity contribution in [1.29, 1.82) is 0 Å². The van der Waals surface area contributed by atoms with Crippen LogP contribution in [-0.2, 0) is 6.18 Å². The molecule has 0 spiro atoms. The van der Waals surface area contributed by atoms with Gasteiger partial charge >= 0.3 is 6.18 Å². The standard InChI is InChI=1S/C21H12ClF3N4S/c22-14-6-2-1-5-13(14)15-11-18(21(23,24)25)29-19(26-15)12-16(27-29)20-17(7-10-30-20)28-8-3-4-9-28/h1-12H. The number of halogens is 4. The summed E-state index contributed by atoms with van der Waals surface area (Å²) in [5.74, 6) is 0. The van der Waals surface area contributed by atoms with E-state index in [4.69, 9.17) is 11.6 Å². The van der Waals surface area contributed by atoms with Gasteiger partial charge in [-0.15, -0.1) is 11.3 Å². The first-order chi connectivity index (χ1) is 14.4. The van der Waals surface area contributed by atoms with Gasteiger partial charge in [-0.25, -0.2) is 9.50 Å². The molecule has 0 bridgehead atoms. The molecule has 0 aliphatic rings. The molecule has 0 unspecified atom stereocenters. The number of fused-ring (bicyclic) bond motifs is 1. The predicted molar refractivity (Wildman–Crippen MR) is 111 cm³/mol. The fraction of sp³-hybridized carbons (Fsp3) is 0.0476. The van der Waals surface area contributed by atoms with E-state index in [-0.39, 0.29) is 11.3 Å². The van der Waals surface area contributed by atoms with E-state index < -0.39 is 11.9 Å². The smallest absolute Gasteiger partial charge is 0.322 e. The third-order valence-corrected chi connectivity index (χ3v) is 5.88. The lowest BCUT2D eigenvalue weighted by Gasteiger charge is -2.11. The summed E-state index contributed by atoms with van der Waals surface area (Å²) < 4.78 is 44.3. The molecule has 150 valence electrons. The summed E-state index contributed by atoms with van der Waals surface area (Å²) in [5.41, 5.74) is 1.02. The summed E-state index contributed by atoms with van der Waals surface area (Å²) in [6.45, 7) is 0. The van der Waals surface area contributed by atoms with Gasteiger partial charge in [0.25, 0.3) is 0 Å². The molecule has 0 radical (unpaired) electrons. The van der Waals surface area contributed by atoms with Gasteiger partial charge in [-0.1, -0.05) is 29.8 Å². The van der Waals surface area contributed by atoms with Crippen LogP contribution < -0.4 is 0 Å². The number of benzene rings is 1. The average molecular weight is 445 g/mol. The third kappa shape index (κ3) is 3.18. The van der Waals surface area contributed by atoms with E-state index in [1.165, 1.54) is 11.3 Å². The molecule has 0 aliphatic heterocycles. The molecule has 9 heteroatoms. The Labute approximate surface area is 177 Å². The van der Waals surface area contributed by atoms with E-state index >= 15 is 0 Å². The maximum atomic E-state index is 13.8. The summed E-state index contributed by atoms with van der Waals surface area (Å²) >= 11 is 7.60. The van der Waals surface area contributed by atoms with Gasteiger partial charge in [-0.05, 0) is 35.7 Å². The van der Waals surface area contributed by atoms with Crippen LogP contribution in [0, 0.1) is 0 Å². The zero-order valence-electron chi connectivity index (χ0n) is 15.1. The number of alkyl halides is 3. The molecule has 0 N–H and O–H groups in total. The number of thiophene rings is 1. The highest BCUT2D eigenvalue weighted by molar-refractivity contribution is 7.14. The van der Waals surface area contributed by atoms with E-state index in [0.717, 1.165) is 21.1 Å². The second kappa shape index (κ2) is 7.00. The topological polar surface area (TPSA) is 35.1 Å². The Kier molecular flexibility index (Phi) is 4.41. The van der Waals surface area contributed by atoms with E-state index in [1.54, 1.807) is 30.3 Å². The monoisotopic (exact) mass is 444 g/mol. The van der Waals surface area contributed by atoms with E-state index in [9.17, 15) is 13.2 Å². The highest BCUT2D eigenvalue weighted by atomic mass is 35.5. The molecular weight excluding hydrogens is 433 g/mol. The van der Waals surface area contributed by atoms with Crippen LogP contribution in [0.2, 0.25) is 5.02 Å². The van der Waals surface area contributed by atoms with Crippen LogP contribution in [0.25, 0.3) is 33.2 Å². The van der Waals surface area contributed by atoms with Gasteiger partial charge in [-0.2, -0.15) is 18.3 Å². The van der Waals surface area contributed by atoms with E-state index in [1.807, 2.05) is 40.5 Å². The first kappa shape index (κ1) is 18.9. The summed E-state index contributed by atoms with van der Waals surface area (Å²) in [7, 11) is 0. The minimum atomic E-state index is -4.61. The lowest BCUT2D eigenvalue weighted by atomic mass is 10.1. The van der Waals surface area contributed by atoms with Gasteiger partial charge in [0.05, 0.1) is 16.3 Å². The number of nitrogens with zero attached hydrogens (tertiary/aromatic N) is 4. The SMILES string of the molecule is FC(F)(F)c1cc(-c2ccccc2Cl)nc2cc(-c3sccc3-n3cccc3)nn12. The van der Waals surface area contributed by atoms with E-state index in [0.29, 0.717) is 16.3 Å². The molecule has 30 heavy (non-hydrogen) atoms. The molecule has 4 heterocycles. The second-order valence-electron chi connectivity index (χ2n) is 6.53. The fourth-order valence-corrected chi connectivity index (χ4v) is 4.37. The molecule has 0 fully saturated rings. The van der Waals surface area contributed by atoms with Crippen molar-refractivity contribution in [2.24, 2.45) is 0 Å². The summed E-state index contributed by atoms with van der Waals surface area (Å²) in [5, 5.41) is 6.45. The maximum absolute atomic E-state index is 13.8. The Morgan fingerprint density at radius 1 is 0.933 bits per heavy atom. The van der Waals surface area contributed by atoms with Gasteiger partial charge < -0.3 is 4.57 Å². The van der Waals surface area contributed by atoms with Crippen molar-refractivity contribution in [1.82, 2.24) is 19.2 Å². The number of rotatable bonds is 3. The van der Waals surface area contributed by atoms with Crippen LogP contribution in [-0.4, -0.2) is 19.2 Å². The van der Waals surface area contributed by atoms with Crippen LogP contribution in [0.4, 0.5) is 13.2 Å². The zero-order valence-corrected chi connectivity index (χ0v) is 16.7. The van der Waals surface area contributed by atoms with Crippen LogP contribution in [0.1, 0.15) is 5.69 Å². The molecule has 5 aromatic rings. The zero-order chi connectivity index (χ0) is 20.9. The molecular formula is C21H12ClF3N4S. The summed E-state index contributed by atoms with van der Waals surface area (Å²) in [4.78, 5) is 5.17. The second-order valence-corrected chi connectivity index (χ2v) is 7.85. The highest BCUT2D eigenvalue weighted by Gasteiger charge is 2.35. The van der Waals surface area contributed by atoms with Crippen LogP contribution in [0.3, 0.4) is 0 Å². The van der Waals surface area contributed by atoms with Gasteiger partial charge in [0.1, 0.15) is 5.69 Å². The van der Waals surface area contributed by atoms with Gasteiger partial charge in [0, 0.05) is 29.0 Å². The maximum Gasteiger partial charge on any atom is 0.433 e. The Morgan fingerprint density at radius 2 is 1.70 bits per heavy atom. The summed E-state index contributed by atoms with van der Waals surface area (Å²) in [6.07, 6.45) is -0.869.